The summed E-state index contributed by atoms with van der Waals surface area (Å²) in [6.45, 7) is 6.39. The highest BCUT2D eigenvalue weighted by Gasteiger charge is 2.32. The fraction of sp³-hybridized carbons (Fsp3) is 0.619. The van der Waals surface area contributed by atoms with Crippen molar-refractivity contribution in [1.29, 1.82) is 0 Å². The van der Waals surface area contributed by atoms with E-state index in [9.17, 15) is 14.0 Å². The summed E-state index contributed by atoms with van der Waals surface area (Å²) in [5.74, 6) is 0.0783. The molecule has 1 unspecified atom stereocenters. The Kier molecular flexibility index (Phi) is 8.25. The van der Waals surface area contributed by atoms with Gasteiger partial charge in [-0.15, -0.1) is 12.4 Å². The first-order chi connectivity index (χ1) is 12.9. The highest BCUT2D eigenvalue weighted by molar-refractivity contribution is 5.97. The van der Waals surface area contributed by atoms with Crippen molar-refractivity contribution < 1.29 is 14.0 Å². The molecular formula is C21H31ClFN3O2. The summed E-state index contributed by atoms with van der Waals surface area (Å²) < 4.78 is 13.0. The van der Waals surface area contributed by atoms with E-state index in [-0.39, 0.29) is 36.0 Å². The first-order valence-electron chi connectivity index (χ1n) is 10.0. The van der Waals surface area contributed by atoms with Crippen LogP contribution in [0.15, 0.2) is 24.3 Å². The van der Waals surface area contributed by atoms with E-state index in [0.29, 0.717) is 11.6 Å². The molecule has 1 aliphatic carbocycles. The number of hydrogen-bond acceptors (Lipinski definition) is 3. The van der Waals surface area contributed by atoms with Crippen LogP contribution >= 0.6 is 12.4 Å². The zero-order valence-electron chi connectivity index (χ0n) is 16.6. The zero-order valence-corrected chi connectivity index (χ0v) is 17.4. The maximum absolute atomic E-state index is 13.0. The number of hydrogen-bond donors (Lipinski definition) is 2. The van der Waals surface area contributed by atoms with Gasteiger partial charge in [0.2, 0.25) is 5.91 Å². The molecule has 1 aromatic rings. The number of rotatable bonds is 7. The summed E-state index contributed by atoms with van der Waals surface area (Å²) in [5, 5.41) is 6.46. The van der Waals surface area contributed by atoms with Crippen molar-refractivity contribution in [1.82, 2.24) is 15.5 Å². The smallest absolute Gasteiger partial charge is 0.251 e. The molecule has 1 saturated heterocycles. The quantitative estimate of drug-likeness (QED) is 0.725. The summed E-state index contributed by atoms with van der Waals surface area (Å²) in [6, 6.07) is 5.29. The van der Waals surface area contributed by atoms with Crippen molar-refractivity contribution in [2.45, 2.75) is 51.6 Å². The van der Waals surface area contributed by atoms with E-state index in [0.717, 1.165) is 38.4 Å². The summed E-state index contributed by atoms with van der Waals surface area (Å²) in [6.07, 6.45) is 4.59. The van der Waals surface area contributed by atoms with E-state index in [2.05, 4.69) is 10.6 Å². The Bertz CT molecular complexity index is 656. The number of likely N-dealkylation sites (tertiary alicyclic amines) is 1. The molecule has 156 valence electrons. The van der Waals surface area contributed by atoms with Gasteiger partial charge in [-0.25, -0.2) is 4.39 Å². The lowest BCUT2D eigenvalue weighted by atomic mass is 9.99. The van der Waals surface area contributed by atoms with E-state index < -0.39 is 6.04 Å². The highest BCUT2D eigenvalue weighted by atomic mass is 35.5. The SMILES string of the molecule is CC(C)C(NC(=O)c1ccc(F)cc1)C(=O)N1CCC(NCC2CC2)CC1.Cl. The van der Waals surface area contributed by atoms with Gasteiger partial charge in [-0.05, 0) is 68.3 Å². The van der Waals surface area contributed by atoms with Crippen LogP contribution in [0.5, 0.6) is 0 Å². The van der Waals surface area contributed by atoms with E-state index in [1.54, 1.807) is 0 Å². The summed E-state index contributed by atoms with van der Waals surface area (Å²) in [7, 11) is 0. The van der Waals surface area contributed by atoms with Crippen molar-refractivity contribution >= 4 is 24.2 Å². The topological polar surface area (TPSA) is 61.4 Å². The van der Waals surface area contributed by atoms with Gasteiger partial charge in [0.1, 0.15) is 11.9 Å². The van der Waals surface area contributed by atoms with Crippen LogP contribution in [0.3, 0.4) is 0 Å². The minimum Gasteiger partial charge on any atom is -0.341 e. The molecule has 1 heterocycles. The van der Waals surface area contributed by atoms with Gasteiger partial charge in [-0.3, -0.25) is 9.59 Å². The van der Waals surface area contributed by atoms with Crippen LogP contribution in [0, 0.1) is 17.7 Å². The molecule has 0 radical (unpaired) electrons. The number of carbonyl (C=O) groups excluding carboxylic acids is 2. The molecule has 0 bridgehead atoms. The van der Waals surface area contributed by atoms with Crippen molar-refractivity contribution in [3.63, 3.8) is 0 Å². The standard InChI is InChI=1S/C21H30FN3O2.ClH/c1-14(2)19(24-20(26)16-5-7-17(22)8-6-16)21(27)25-11-9-18(10-12-25)23-13-15-3-4-15;/h5-8,14-15,18-19,23H,3-4,9-13H2,1-2H3,(H,24,26);1H. The minimum absolute atomic E-state index is 0. The van der Waals surface area contributed by atoms with Gasteiger partial charge in [0.05, 0.1) is 0 Å². The number of piperidine rings is 1. The molecule has 2 aliphatic rings. The third-order valence-corrected chi connectivity index (χ3v) is 5.52. The largest absolute Gasteiger partial charge is 0.341 e. The van der Waals surface area contributed by atoms with E-state index in [1.807, 2.05) is 18.7 Å². The van der Waals surface area contributed by atoms with Crippen molar-refractivity contribution in [3.05, 3.63) is 35.6 Å². The van der Waals surface area contributed by atoms with Crippen LogP contribution in [0.25, 0.3) is 0 Å². The van der Waals surface area contributed by atoms with Crippen molar-refractivity contribution in [2.24, 2.45) is 11.8 Å². The van der Waals surface area contributed by atoms with Gasteiger partial charge < -0.3 is 15.5 Å². The van der Waals surface area contributed by atoms with E-state index in [4.69, 9.17) is 0 Å². The Morgan fingerprint density at radius 2 is 1.71 bits per heavy atom. The fourth-order valence-corrected chi connectivity index (χ4v) is 3.50. The zero-order chi connectivity index (χ0) is 19.4. The Morgan fingerprint density at radius 1 is 1.11 bits per heavy atom. The van der Waals surface area contributed by atoms with Crippen LogP contribution in [-0.2, 0) is 4.79 Å². The van der Waals surface area contributed by atoms with Crippen molar-refractivity contribution in [2.75, 3.05) is 19.6 Å². The third-order valence-electron chi connectivity index (χ3n) is 5.52. The lowest BCUT2D eigenvalue weighted by molar-refractivity contribution is -0.135. The molecule has 7 heteroatoms. The molecule has 1 saturated carbocycles. The summed E-state index contributed by atoms with van der Waals surface area (Å²) in [4.78, 5) is 27.3. The second-order valence-electron chi connectivity index (χ2n) is 8.15. The van der Waals surface area contributed by atoms with Gasteiger partial charge in [-0.1, -0.05) is 13.8 Å². The first kappa shape index (κ1) is 22.6. The average molecular weight is 412 g/mol. The maximum atomic E-state index is 13.0. The summed E-state index contributed by atoms with van der Waals surface area (Å²) >= 11 is 0. The van der Waals surface area contributed by atoms with E-state index in [1.165, 1.54) is 37.1 Å². The van der Waals surface area contributed by atoms with Gasteiger partial charge in [0, 0.05) is 24.7 Å². The number of nitrogens with one attached hydrogen (secondary N) is 2. The Hall–Kier alpha value is -1.66. The van der Waals surface area contributed by atoms with Gasteiger partial charge >= 0.3 is 0 Å². The maximum Gasteiger partial charge on any atom is 0.251 e. The van der Waals surface area contributed by atoms with Crippen molar-refractivity contribution in [3.8, 4) is 0 Å². The third kappa shape index (κ3) is 6.17. The molecule has 1 atom stereocenters. The molecule has 0 aromatic heterocycles. The fourth-order valence-electron chi connectivity index (χ4n) is 3.50. The molecule has 2 amide bonds. The second kappa shape index (κ2) is 10.2. The normalized spacial score (nSPS) is 18.5. The lowest BCUT2D eigenvalue weighted by Crippen LogP contribution is -2.54. The monoisotopic (exact) mass is 411 g/mol. The molecule has 5 nitrogen and oxygen atoms in total. The lowest BCUT2D eigenvalue weighted by Gasteiger charge is -2.35. The Balaban J connectivity index is 0.00000280. The van der Waals surface area contributed by atoms with Crippen LogP contribution in [0.4, 0.5) is 4.39 Å². The predicted octanol–water partition coefficient (Wildman–Crippen LogP) is 2.99. The number of halogens is 2. The minimum atomic E-state index is -0.571. The molecular weight excluding hydrogens is 381 g/mol. The molecule has 28 heavy (non-hydrogen) atoms. The predicted molar refractivity (Wildman–Crippen MR) is 110 cm³/mol. The Morgan fingerprint density at radius 3 is 2.25 bits per heavy atom. The van der Waals surface area contributed by atoms with E-state index >= 15 is 0 Å². The molecule has 1 aliphatic heterocycles. The van der Waals surface area contributed by atoms with Crippen LogP contribution in [0.2, 0.25) is 0 Å². The molecule has 1 aromatic carbocycles. The van der Waals surface area contributed by atoms with Crippen LogP contribution < -0.4 is 10.6 Å². The number of carbonyl (C=O) groups is 2. The van der Waals surface area contributed by atoms with Gasteiger partial charge in [0.25, 0.3) is 5.91 Å². The Labute approximate surface area is 172 Å². The molecule has 2 N–H and O–H groups in total. The molecule has 2 fully saturated rings. The second-order valence-corrected chi connectivity index (χ2v) is 8.15. The van der Waals surface area contributed by atoms with Crippen LogP contribution in [-0.4, -0.2) is 48.4 Å². The van der Waals surface area contributed by atoms with Crippen LogP contribution in [0.1, 0.15) is 49.9 Å². The average Bonchev–Trinajstić information content (AvgIpc) is 3.49. The summed E-state index contributed by atoms with van der Waals surface area (Å²) in [5.41, 5.74) is 0.359. The molecule has 0 spiro atoms. The number of amides is 2. The first-order valence-corrected chi connectivity index (χ1v) is 10.0. The number of benzene rings is 1. The highest BCUT2D eigenvalue weighted by Crippen LogP contribution is 2.28. The molecule has 3 rings (SSSR count). The van der Waals surface area contributed by atoms with Gasteiger partial charge in [-0.2, -0.15) is 0 Å². The van der Waals surface area contributed by atoms with Gasteiger partial charge in [0.15, 0.2) is 0 Å². The number of nitrogens with zero attached hydrogens (tertiary/aromatic N) is 1.